The maximum atomic E-state index is 11.7. The first-order valence-electron chi connectivity index (χ1n) is 5.49. The van der Waals surface area contributed by atoms with Crippen LogP contribution >= 0.6 is 0 Å². The minimum Gasteiger partial charge on any atom is -0.481 e. The van der Waals surface area contributed by atoms with E-state index in [-0.39, 0.29) is 18.4 Å². The molecule has 0 aliphatic carbocycles. The number of carbonyl (C=O) groups is 2. The zero-order valence-electron chi connectivity index (χ0n) is 10.2. The number of hydrogen-bond donors (Lipinski definition) is 1. The van der Waals surface area contributed by atoms with Crippen LogP contribution in [0.3, 0.4) is 0 Å². The van der Waals surface area contributed by atoms with Crippen molar-refractivity contribution in [1.29, 1.82) is 0 Å². The number of methoxy groups -OCH3 is 1. The first-order chi connectivity index (χ1) is 7.49. The molecular formula is C11H21NO4. The summed E-state index contributed by atoms with van der Waals surface area (Å²) in [4.78, 5) is 23.8. The van der Waals surface area contributed by atoms with Gasteiger partial charge in [-0.1, -0.05) is 0 Å². The molecule has 0 radical (unpaired) electrons. The Morgan fingerprint density at radius 1 is 1.31 bits per heavy atom. The third kappa shape index (κ3) is 6.40. The minimum absolute atomic E-state index is 0.0160. The Bertz CT molecular complexity index is 228. The third-order valence-electron chi connectivity index (χ3n) is 2.25. The summed E-state index contributed by atoms with van der Waals surface area (Å²) in [6, 6.07) is 0.0955. The summed E-state index contributed by atoms with van der Waals surface area (Å²) < 4.78 is 4.84. The van der Waals surface area contributed by atoms with Gasteiger partial charge in [-0.25, -0.2) is 0 Å². The lowest BCUT2D eigenvalue weighted by molar-refractivity contribution is -0.138. The second-order valence-corrected chi connectivity index (χ2v) is 3.92. The van der Waals surface area contributed by atoms with Gasteiger partial charge < -0.3 is 14.7 Å². The van der Waals surface area contributed by atoms with E-state index >= 15 is 0 Å². The fourth-order valence-electron chi connectivity index (χ4n) is 1.40. The van der Waals surface area contributed by atoms with Crippen LogP contribution in [-0.4, -0.2) is 48.2 Å². The molecule has 0 fully saturated rings. The van der Waals surface area contributed by atoms with Gasteiger partial charge >= 0.3 is 5.97 Å². The molecule has 0 saturated heterocycles. The average molecular weight is 231 g/mol. The highest BCUT2D eigenvalue weighted by atomic mass is 16.5. The highest BCUT2D eigenvalue weighted by molar-refractivity contribution is 5.76. The van der Waals surface area contributed by atoms with Crippen molar-refractivity contribution < 1.29 is 19.4 Å². The zero-order valence-corrected chi connectivity index (χ0v) is 10.2. The Hall–Kier alpha value is -1.10. The molecule has 0 aromatic heterocycles. The fourth-order valence-corrected chi connectivity index (χ4v) is 1.40. The molecule has 0 aromatic carbocycles. The number of ether oxygens (including phenoxy) is 1. The van der Waals surface area contributed by atoms with E-state index in [9.17, 15) is 9.59 Å². The van der Waals surface area contributed by atoms with Crippen molar-refractivity contribution in [1.82, 2.24) is 4.90 Å². The number of carboxylic acid groups (broad SMARTS) is 1. The van der Waals surface area contributed by atoms with E-state index < -0.39 is 5.97 Å². The number of carbonyl (C=O) groups excluding carboxylic acids is 1. The summed E-state index contributed by atoms with van der Waals surface area (Å²) in [6.45, 7) is 4.74. The summed E-state index contributed by atoms with van der Waals surface area (Å²) in [5.41, 5.74) is 0. The molecular weight excluding hydrogens is 210 g/mol. The third-order valence-corrected chi connectivity index (χ3v) is 2.25. The molecule has 0 saturated carbocycles. The molecule has 0 rings (SSSR count). The summed E-state index contributed by atoms with van der Waals surface area (Å²) in [6.07, 6.45) is 0.939. The molecule has 0 unspecified atom stereocenters. The topological polar surface area (TPSA) is 66.8 Å². The maximum absolute atomic E-state index is 11.7. The lowest BCUT2D eigenvalue weighted by Gasteiger charge is -2.26. The van der Waals surface area contributed by atoms with Crippen molar-refractivity contribution in [2.24, 2.45) is 0 Å². The molecule has 16 heavy (non-hydrogen) atoms. The van der Waals surface area contributed by atoms with Crippen LogP contribution in [-0.2, 0) is 14.3 Å². The molecule has 0 aliphatic rings. The van der Waals surface area contributed by atoms with Gasteiger partial charge in [0.05, 0.1) is 13.0 Å². The molecule has 0 heterocycles. The summed E-state index contributed by atoms with van der Waals surface area (Å²) >= 11 is 0. The summed E-state index contributed by atoms with van der Waals surface area (Å²) in [5, 5.41) is 8.52. The van der Waals surface area contributed by atoms with Crippen LogP contribution in [0.15, 0.2) is 0 Å². The highest BCUT2D eigenvalue weighted by Gasteiger charge is 2.16. The van der Waals surface area contributed by atoms with Crippen LogP contribution in [0.5, 0.6) is 0 Å². The van der Waals surface area contributed by atoms with Crippen molar-refractivity contribution in [3.05, 3.63) is 0 Å². The predicted molar refractivity (Wildman–Crippen MR) is 60.2 cm³/mol. The van der Waals surface area contributed by atoms with Crippen LogP contribution in [0, 0.1) is 0 Å². The second kappa shape index (κ2) is 8.10. The highest BCUT2D eigenvalue weighted by Crippen LogP contribution is 2.05. The van der Waals surface area contributed by atoms with Crippen LogP contribution in [0.1, 0.15) is 33.1 Å². The Kier molecular flexibility index (Phi) is 7.54. The molecule has 94 valence electrons. The van der Waals surface area contributed by atoms with Gasteiger partial charge in [0.2, 0.25) is 5.91 Å². The van der Waals surface area contributed by atoms with Crippen LogP contribution < -0.4 is 0 Å². The molecule has 0 bridgehead atoms. The smallest absolute Gasteiger partial charge is 0.303 e. The van der Waals surface area contributed by atoms with E-state index in [1.165, 1.54) is 0 Å². The van der Waals surface area contributed by atoms with Gasteiger partial charge in [0.15, 0.2) is 0 Å². The maximum Gasteiger partial charge on any atom is 0.303 e. The molecule has 1 amide bonds. The lowest BCUT2D eigenvalue weighted by Crippen LogP contribution is -2.38. The molecule has 0 atom stereocenters. The van der Waals surface area contributed by atoms with Crippen molar-refractivity contribution in [2.45, 2.75) is 39.2 Å². The van der Waals surface area contributed by atoms with E-state index in [0.717, 1.165) is 0 Å². The van der Waals surface area contributed by atoms with E-state index in [2.05, 4.69) is 0 Å². The normalized spacial score (nSPS) is 10.5. The van der Waals surface area contributed by atoms with E-state index in [4.69, 9.17) is 9.84 Å². The minimum atomic E-state index is -0.826. The van der Waals surface area contributed by atoms with Crippen molar-refractivity contribution >= 4 is 11.9 Å². The van der Waals surface area contributed by atoms with Crippen molar-refractivity contribution in [3.63, 3.8) is 0 Å². The molecule has 5 nitrogen and oxygen atoms in total. The molecule has 0 aliphatic heterocycles. The monoisotopic (exact) mass is 231 g/mol. The predicted octanol–water partition coefficient (Wildman–Crippen LogP) is 1.12. The van der Waals surface area contributed by atoms with Gasteiger partial charge in [-0.05, 0) is 20.3 Å². The Morgan fingerprint density at radius 3 is 2.38 bits per heavy atom. The number of nitrogens with zero attached hydrogens (tertiary/aromatic N) is 1. The van der Waals surface area contributed by atoms with Crippen LogP contribution in [0.25, 0.3) is 0 Å². The van der Waals surface area contributed by atoms with Gasteiger partial charge in [-0.3, -0.25) is 9.59 Å². The Labute approximate surface area is 96.4 Å². The summed E-state index contributed by atoms with van der Waals surface area (Å²) in [5.74, 6) is -0.810. The largest absolute Gasteiger partial charge is 0.481 e. The van der Waals surface area contributed by atoms with Crippen molar-refractivity contribution in [3.8, 4) is 0 Å². The SMILES string of the molecule is COCCC(=O)N(CCCC(=O)O)C(C)C. The Balaban J connectivity index is 4.05. The molecule has 5 heteroatoms. The fraction of sp³-hybridized carbons (Fsp3) is 0.818. The zero-order chi connectivity index (χ0) is 12.6. The first-order valence-corrected chi connectivity index (χ1v) is 5.49. The van der Waals surface area contributed by atoms with E-state index in [1.54, 1.807) is 12.0 Å². The van der Waals surface area contributed by atoms with Gasteiger partial charge in [-0.15, -0.1) is 0 Å². The average Bonchev–Trinajstić information content (AvgIpc) is 2.20. The second-order valence-electron chi connectivity index (χ2n) is 3.92. The standard InChI is InChI=1S/C11H21NO4/c1-9(2)12(7-4-5-11(14)15)10(13)6-8-16-3/h9H,4-8H2,1-3H3,(H,14,15). The van der Waals surface area contributed by atoms with Crippen molar-refractivity contribution in [2.75, 3.05) is 20.3 Å². The molecule has 0 aromatic rings. The molecule has 1 N–H and O–H groups in total. The molecule has 0 spiro atoms. The van der Waals surface area contributed by atoms with E-state index in [0.29, 0.717) is 26.0 Å². The number of hydrogen-bond acceptors (Lipinski definition) is 3. The van der Waals surface area contributed by atoms with Gasteiger partial charge in [0.1, 0.15) is 0 Å². The number of amides is 1. The van der Waals surface area contributed by atoms with Gasteiger partial charge in [0.25, 0.3) is 0 Å². The Morgan fingerprint density at radius 2 is 1.94 bits per heavy atom. The number of carboxylic acids is 1. The quantitative estimate of drug-likeness (QED) is 0.680. The van der Waals surface area contributed by atoms with E-state index in [1.807, 2.05) is 13.8 Å². The summed E-state index contributed by atoms with van der Waals surface area (Å²) in [7, 11) is 1.55. The van der Waals surface area contributed by atoms with Gasteiger partial charge in [-0.2, -0.15) is 0 Å². The lowest BCUT2D eigenvalue weighted by atomic mass is 10.2. The van der Waals surface area contributed by atoms with Crippen LogP contribution in [0.4, 0.5) is 0 Å². The number of aliphatic carboxylic acids is 1. The first kappa shape index (κ1) is 14.9. The number of rotatable bonds is 8. The van der Waals surface area contributed by atoms with Crippen LogP contribution in [0.2, 0.25) is 0 Å². The van der Waals surface area contributed by atoms with Gasteiger partial charge in [0, 0.05) is 26.1 Å².